The Morgan fingerprint density at radius 3 is 2.71 bits per heavy atom. The first-order valence-corrected chi connectivity index (χ1v) is 6.88. The summed E-state index contributed by atoms with van der Waals surface area (Å²) >= 11 is 0. The van der Waals surface area contributed by atoms with E-state index in [4.69, 9.17) is 9.47 Å². The maximum Gasteiger partial charge on any atom is 0.303 e. The number of nitrogens with one attached hydrogen (secondary N) is 1. The monoisotopic (exact) mass is 295 g/mol. The molecule has 21 heavy (non-hydrogen) atoms. The Hall–Kier alpha value is -1.95. The SMILES string of the molecule is CC(=O)O[C@@H](C(=O)NC[C@@H]1CCCO1)c1ccc(F)cc1. The number of hydrogen-bond acceptors (Lipinski definition) is 4. The zero-order chi connectivity index (χ0) is 15.2. The summed E-state index contributed by atoms with van der Waals surface area (Å²) in [6.07, 6.45) is 0.797. The number of esters is 1. The second-order valence-corrected chi connectivity index (χ2v) is 4.92. The van der Waals surface area contributed by atoms with Crippen LogP contribution in [0.25, 0.3) is 0 Å². The van der Waals surface area contributed by atoms with Gasteiger partial charge in [-0.3, -0.25) is 9.59 Å². The highest BCUT2D eigenvalue weighted by Gasteiger charge is 2.25. The number of ether oxygens (including phenoxy) is 2. The summed E-state index contributed by atoms with van der Waals surface area (Å²) in [6, 6.07) is 5.29. The molecule has 5 nitrogen and oxygen atoms in total. The van der Waals surface area contributed by atoms with Gasteiger partial charge in [-0.15, -0.1) is 0 Å². The third-order valence-corrected chi connectivity index (χ3v) is 3.22. The van der Waals surface area contributed by atoms with E-state index < -0.39 is 23.8 Å². The second kappa shape index (κ2) is 7.17. The minimum atomic E-state index is -1.08. The van der Waals surface area contributed by atoms with Crippen LogP contribution in [0, 0.1) is 5.82 Å². The lowest BCUT2D eigenvalue weighted by Crippen LogP contribution is -2.36. The van der Waals surface area contributed by atoms with Crippen LogP contribution in [0.1, 0.15) is 31.4 Å². The van der Waals surface area contributed by atoms with Crippen LogP contribution >= 0.6 is 0 Å². The zero-order valence-electron chi connectivity index (χ0n) is 11.8. The molecule has 6 heteroatoms. The highest BCUT2D eigenvalue weighted by Crippen LogP contribution is 2.19. The van der Waals surface area contributed by atoms with Crippen LogP contribution in [0.3, 0.4) is 0 Å². The van der Waals surface area contributed by atoms with Crippen molar-refractivity contribution < 1.29 is 23.5 Å². The van der Waals surface area contributed by atoms with Crippen molar-refractivity contribution in [2.24, 2.45) is 0 Å². The highest BCUT2D eigenvalue weighted by molar-refractivity contribution is 5.84. The fourth-order valence-electron chi connectivity index (χ4n) is 2.19. The van der Waals surface area contributed by atoms with Crippen molar-refractivity contribution >= 4 is 11.9 Å². The normalized spacial score (nSPS) is 19.0. The fraction of sp³-hybridized carbons (Fsp3) is 0.467. The van der Waals surface area contributed by atoms with Gasteiger partial charge in [0.15, 0.2) is 0 Å². The number of amides is 1. The standard InChI is InChI=1S/C15H18FNO4/c1-10(18)21-14(11-4-6-12(16)7-5-11)15(19)17-9-13-3-2-8-20-13/h4-7,13-14H,2-3,8-9H2,1H3,(H,17,19)/t13-,14+/m0/s1. The van der Waals surface area contributed by atoms with E-state index >= 15 is 0 Å². The van der Waals surface area contributed by atoms with Crippen molar-refractivity contribution in [3.63, 3.8) is 0 Å². The number of rotatable bonds is 5. The Balaban J connectivity index is 2.01. The second-order valence-electron chi connectivity index (χ2n) is 4.92. The minimum Gasteiger partial charge on any atom is -0.447 e. The van der Waals surface area contributed by atoms with Crippen molar-refractivity contribution in [1.82, 2.24) is 5.32 Å². The molecule has 0 spiro atoms. The van der Waals surface area contributed by atoms with E-state index in [2.05, 4.69) is 5.32 Å². The van der Waals surface area contributed by atoms with Gasteiger partial charge in [0, 0.05) is 25.6 Å². The number of carbonyl (C=O) groups excluding carboxylic acids is 2. The molecule has 0 unspecified atom stereocenters. The average Bonchev–Trinajstić information content (AvgIpc) is 2.96. The van der Waals surface area contributed by atoms with E-state index in [1.54, 1.807) is 0 Å². The number of halogens is 1. The zero-order valence-corrected chi connectivity index (χ0v) is 11.8. The molecule has 1 amide bonds. The first-order valence-electron chi connectivity index (χ1n) is 6.88. The van der Waals surface area contributed by atoms with E-state index in [1.165, 1.54) is 31.2 Å². The summed E-state index contributed by atoms with van der Waals surface area (Å²) in [6.45, 7) is 2.30. The molecular formula is C15H18FNO4. The molecule has 2 atom stereocenters. The lowest BCUT2D eigenvalue weighted by molar-refractivity contribution is -0.154. The summed E-state index contributed by atoms with van der Waals surface area (Å²) in [5.41, 5.74) is 0.427. The maximum atomic E-state index is 12.9. The summed E-state index contributed by atoms with van der Waals surface area (Å²) < 4.78 is 23.4. The van der Waals surface area contributed by atoms with Crippen molar-refractivity contribution in [2.75, 3.05) is 13.2 Å². The van der Waals surface area contributed by atoms with Crippen LogP contribution in [-0.4, -0.2) is 31.1 Å². The predicted octanol–water partition coefficient (Wildman–Crippen LogP) is 1.73. The molecule has 0 saturated carbocycles. The van der Waals surface area contributed by atoms with E-state index in [9.17, 15) is 14.0 Å². The van der Waals surface area contributed by atoms with Gasteiger partial charge in [-0.1, -0.05) is 12.1 Å². The van der Waals surface area contributed by atoms with E-state index in [0.717, 1.165) is 12.8 Å². The van der Waals surface area contributed by atoms with Gasteiger partial charge in [-0.05, 0) is 25.0 Å². The first-order chi connectivity index (χ1) is 10.1. The van der Waals surface area contributed by atoms with Gasteiger partial charge in [0.05, 0.1) is 6.10 Å². The highest BCUT2D eigenvalue weighted by atomic mass is 19.1. The van der Waals surface area contributed by atoms with E-state index in [1.807, 2.05) is 0 Å². The summed E-state index contributed by atoms with van der Waals surface area (Å²) in [4.78, 5) is 23.3. The third kappa shape index (κ3) is 4.53. The molecule has 0 aromatic heterocycles. The number of carbonyl (C=O) groups is 2. The summed E-state index contributed by atoms with van der Waals surface area (Å²) in [7, 11) is 0. The summed E-state index contributed by atoms with van der Waals surface area (Å²) in [5, 5.41) is 2.71. The molecule has 1 aromatic carbocycles. The quantitative estimate of drug-likeness (QED) is 0.840. The van der Waals surface area contributed by atoms with Crippen LogP contribution in [0.15, 0.2) is 24.3 Å². The van der Waals surface area contributed by atoms with Crippen molar-refractivity contribution in [2.45, 2.75) is 32.0 Å². The van der Waals surface area contributed by atoms with E-state index in [-0.39, 0.29) is 6.10 Å². The molecule has 1 aliphatic heterocycles. The van der Waals surface area contributed by atoms with Crippen molar-refractivity contribution in [1.29, 1.82) is 0 Å². The van der Waals surface area contributed by atoms with Gasteiger partial charge >= 0.3 is 5.97 Å². The molecule has 1 heterocycles. The maximum absolute atomic E-state index is 12.9. The van der Waals surface area contributed by atoms with Gasteiger partial charge in [0.2, 0.25) is 6.10 Å². The Kier molecular flexibility index (Phi) is 5.27. The van der Waals surface area contributed by atoms with Crippen LogP contribution in [0.4, 0.5) is 4.39 Å². The lowest BCUT2D eigenvalue weighted by atomic mass is 10.1. The first kappa shape index (κ1) is 15.4. The van der Waals surface area contributed by atoms with Crippen LogP contribution in [-0.2, 0) is 19.1 Å². The Bertz CT molecular complexity index is 497. The largest absolute Gasteiger partial charge is 0.447 e. The molecule has 1 aliphatic rings. The molecule has 1 fully saturated rings. The molecule has 1 N–H and O–H groups in total. The number of benzene rings is 1. The fourth-order valence-corrected chi connectivity index (χ4v) is 2.19. The molecule has 1 saturated heterocycles. The minimum absolute atomic E-state index is 0.000135. The van der Waals surface area contributed by atoms with E-state index in [0.29, 0.717) is 18.7 Å². The molecule has 114 valence electrons. The van der Waals surface area contributed by atoms with Gasteiger partial charge in [-0.25, -0.2) is 4.39 Å². The molecule has 0 aliphatic carbocycles. The number of hydrogen-bond donors (Lipinski definition) is 1. The topological polar surface area (TPSA) is 64.6 Å². The molecule has 1 aromatic rings. The Morgan fingerprint density at radius 2 is 2.14 bits per heavy atom. The van der Waals surface area contributed by atoms with Gasteiger partial charge in [-0.2, -0.15) is 0 Å². The van der Waals surface area contributed by atoms with Gasteiger partial charge in [0.1, 0.15) is 5.82 Å². The average molecular weight is 295 g/mol. The Labute approximate surface area is 122 Å². The van der Waals surface area contributed by atoms with Crippen molar-refractivity contribution in [3.8, 4) is 0 Å². The predicted molar refractivity (Wildman–Crippen MR) is 72.9 cm³/mol. The molecule has 2 rings (SSSR count). The molecule has 0 bridgehead atoms. The summed E-state index contributed by atoms with van der Waals surface area (Å²) in [5.74, 6) is -1.43. The molecule has 0 radical (unpaired) electrons. The van der Waals surface area contributed by atoms with Crippen LogP contribution in [0.5, 0.6) is 0 Å². The van der Waals surface area contributed by atoms with Gasteiger partial charge in [0.25, 0.3) is 5.91 Å². The third-order valence-electron chi connectivity index (χ3n) is 3.22. The van der Waals surface area contributed by atoms with Crippen LogP contribution < -0.4 is 5.32 Å². The molecular weight excluding hydrogens is 277 g/mol. The smallest absolute Gasteiger partial charge is 0.303 e. The van der Waals surface area contributed by atoms with Gasteiger partial charge < -0.3 is 14.8 Å². The lowest BCUT2D eigenvalue weighted by Gasteiger charge is -2.18. The van der Waals surface area contributed by atoms with Crippen LogP contribution in [0.2, 0.25) is 0 Å². The van der Waals surface area contributed by atoms with Crippen molar-refractivity contribution in [3.05, 3.63) is 35.6 Å². The Morgan fingerprint density at radius 1 is 1.43 bits per heavy atom.